The summed E-state index contributed by atoms with van der Waals surface area (Å²) in [5.41, 5.74) is 4.62. The van der Waals surface area contributed by atoms with Gasteiger partial charge in [0.25, 0.3) is 0 Å². The zero-order valence-electron chi connectivity index (χ0n) is 35.2. The van der Waals surface area contributed by atoms with Gasteiger partial charge in [0.1, 0.15) is 17.9 Å². The van der Waals surface area contributed by atoms with Crippen molar-refractivity contribution in [2.45, 2.75) is 24.2 Å². The summed E-state index contributed by atoms with van der Waals surface area (Å²) in [7, 11) is 1.53. The van der Waals surface area contributed by atoms with E-state index in [9.17, 15) is 18.0 Å². The highest BCUT2D eigenvalue weighted by Crippen LogP contribution is 2.33. The minimum Gasteiger partial charge on any atom is -0.493 e. The molecule has 3 fully saturated rings. The normalized spacial score (nSPS) is 16.5. The van der Waals surface area contributed by atoms with Gasteiger partial charge < -0.3 is 30.1 Å². The molecule has 0 radical (unpaired) electrons. The van der Waals surface area contributed by atoms with E-state index >= 15 is 0 Å². The van der Waals surface area contributed by atoms with E-state index in [1.165, 1.54) is 13.4 Å². The summed E-state index contributed by atoms with van der Waals surface area (Å²) in [5, 5.41) is 6.88. The summed E-state index contributed by atoms with van der Waals surface area (Å²) >= 11 is 0. The molecule has 4 amide bonds. The lowest BCUT2D eigenvalue weighted by Crippen LogP contribution is -2.56. The molecule has 0 atom stereocenters. The number of urea groups is 2. The number of carbonyl (C=O) groups excluding carboxylic acids is 2. The maximum atomic E-state index is 13.4. The van der Waals surface area contributed by atoms with Gasteiger partial charge in [0.05, 0.1) is 28.4 Å². The average molecular weight is 850 g/mol. The summed E-state index contributed by atoms with van der Waals surface area (Å²) in [5.74, 6) is 7.78. The first-order valence-corrected chi connectivity index (χ1v) is 22.2. The third-order valence-corrected chi connectivity index (χ3v) is 12.6. The number of sulfonamides is 1. The molecule has 0 saturated carbocycles. The molecule has 3 aliphatic heterocycles. The molecule has 3 saturated heterocycles. The van der Waals surface area contributed by atoms with Crippen molar-refractivity contribution in [3.05, 3.63) is 84.8 Å². The fraction of sp³-hybridized carbons (Fsp3) is 0.409. The summed E-state index contributed by atoms with van der Waals surface area (Å²) in [6.07, 6.45) is 3.80. The predicted octanol–water partition coefficient (Wildman–Crippen LogP) is 4.35. The molecule has 61 heavy (non-hydrogen) atoms. The van der Waals surface area contributed by atoms with Crippen molar-refractivity contribution >= 4 is 55.9 Å². The van der Waals surface area contributed by atoms with Crippen molar-refractivity contribution in [1.29, 1.82) is 0 Å². The summed E-state index contributed by atoms with van der Waals surface area (Å²) in [4.78, 5) is 47.0. The summed E-state index contributed by atoms with van der Waals surface area (Å²) in [6.45, 7) is 12.9. The third kappa shape index (κ3) is 10.9. The van der Waals surface area contributed by atoms with Crippen LogP contribution in [-0.4, -0.2) is 150 Å². The molecule has 1 aromatic heterocycles. The largest absolute Gasteiger partial charge is 0.493 e. The van der Waals surface area contributed by atoms with E-state index in [-0.39, 0.29) is 17.0 Å². The second-order valence-electron chi connectivity index (χ2n) is 15.5. The van der Waals surface area contributed by atoms with Crippen molar-refractivity contribution in [3.8, 4) is 17.6 Å². The molecule has 7 rings (SSSR count). The van der Waals surface area contributed by atoms with Gasteiger partial charge >= 0.3 is 12.1 Å². The number of nitrogens with one attached hydrogen (secondary N) is 3. The van der Waals surface area contributed by atoms with Crippen LogP contribution in [0.1, 0.15) is 24.8 Å². The van der Waals surface area contributed by atoms with Gasteiger partial charge in [-0.1, -0.05) is 18.4 Å². The van der Waals surface area contributed by atoms with Crippen LogP contribution in [0.2, 0.25) is 0 Å². The Morgan fingerprint density at radius 3 is 2.28 bits per heavy atom. The van der Waals surface area contributed by atoms with Gasteiger partial charge in [-0.15, -0.1) is 0 Å². The Labute approximate surface area is 358 Å². The van der Waals surface area contributed by atoms with Crippen LogP contribution < -0.4 is 29.9 Å². The van der Waals surface area contributed by atoms with Gasteiger partial charge in [0.15, 0.2) is 0 Å². The minimum absolute atomic E-state index is 0.129. The molecule has 16 nitrogen and oxygen atoms in total. The smallest absolute Gasteiger partial charge is 0.326 e. The highest BCUT2D eigenvalue weighted by Gasteiger charge is 2.28. The molecule has 322 valence electrons. The Kier molecular flexibility index (Phi) is 13.9. The number of carbonyl (C=O) groups is 2. The monoisotopic (exact) mass is 849 g/mol. The quantitative estimate of drug-likeness (QED) is 0.130. The van der Waals surface area contributed by atoms with Crippen molar-refractivity contribution in [2.75, 3.05) is 115 Å². The molecule has 0 bridgehead atoms. The van der Waals surface area contributed by atoms with E-state index in [0.29, 0.717) is 49.0 Å². The van der Waals surface area contributed by atoms with Gasteiger partial charge in [-0.3, -0.25) is 14.7 Å². The number of amides is 4. The van der Waals surface area contributed by atoms with E-state index in [1.807, 2.05) is 71.3 Å². The highest BCUT2D eigenvalue weighted by atomic mass is 32.2. The lowest BCUT2D eigenvalue weighted by atomic mass is 10.1. The van der Waals surface area contributed by atoms with Crippen LogP contribution in [0, 0.1) is 11.8 Å². The van der Waals surface area contributed by atoms with Gasteiger partial charge in [0.2, 0.25) is 10.0 Å². The Bertz CT molecular complexity index is 2380. The number of ether oxygens (including phenoxy) is 1. The first-order chi connectivity index (χ1) is 29.5. The van der Waals surface area contributed by atoms with Gasteiger partial charge in [-0.05, 0) is 68.1 Å². The minimum atomic E-state index is -3.64. The SMILES string of the molecule is C=C1CCN(c2ccc(C#CCCN3CCN(C(=O)N4CCN(CCCOc5ccc6c(Nc7cc(S(=O)(=O)NC)ccc7N(C)C)ncnc6c5)CC4)CC3)cc2)C(=O)N1. The van der Waals surface area contributed by atoms with Crippen molar-refractivity contribution in [3.63, 3.8) is 0 Å². The number of anilines is 4. The molecule has 3 N–H and O–H groups in total. The van der Waals surface area contributed by atoms with E-state index in [1.54, 1.807) is 23.1 Å². The fourth-order valence-electron chi connectivity index (χ4n) is 7.63. The number of piperazine rings is 2. The van der Waals surface area contributed by atoms with Crippen LogP contribution in [0.4, 0.5) is 32.5 Å². The number of hydrogen-bond acceptors (Lipinski definition) is 11. The van der Waals surface area contributed by atoms with E-state index in [4.69, 9.17) is 4.74 Å². The van der Waals surface area contributed by atoms with Crippen LogP contribution in [0.15, 0.2) is 84.2 Å². The molecular formula is C44H55N11O5S. The number of benzene rings is 3. The van der Waals surface area contributed by atoms with Gasteiger partial charge in [-0.25, -0.2) is 32.7 Å². The molecule has 0 unspecified atom stereocenters. The van der Waals surface area contributed by atoms with Gasteiger partial charge in [-0.2, -0.15) is 0 Å². The molecule has 17 heteroatoms. The predicted molar refractivity (Wildman–Crippen MR) is 239 cm³/mol. The molecule has 0 spiro atoms. The molecule has 4 aromatic rings. The van der Waals surface area contributed by atoms with E-state index in [0.717, 1.165) is 99.6 Å². The number of hydrogen-bond donors (Lipinski definition) is 3. The second kappa shape index (κ2) is 19.6. The summed E-state index contributed by atoms with van der Waals surface area (Å²) < 4.78 is 33.5. The topological polar surface area (TPSA) is 159 Å². The van der Waals surface area contributed by atoms with Crippen molar-refractivity contribution < 1.29 is 22.7 Å². The van der Waals surface area contributed by atoms with Crippen molar-refractivity contribution in [2.24, 2.45) is 0 Å². The van der Waals surface area contributed by atoms with Crippen LogP contribution in [0.3, 0.4) is 0 Å². The number of rotatable bonds is 13. The second-order valence-corrected chi connectivity index (χ2v) is 17.4. The van der Waals surface area contributed by atoms with Crippen molar-refractivity contribution in [1.82, 2.24) is 39.6 Å². The highest BCUT2D eigenvalue weighted by molar-refractivity contribution is 7.89. The lowest BCUT2D eigenvalue weighted by Gasteiger charge is -2.40. The molecule has 0 aliphatic carbocycles. The Morgan fingerprint density at radius 2 is 1.61 bits per heavy atom. The van der Waals surface area contributed by atoms with Gasteiger partial charge in [0, 0.05) is 127 Å². The van der Waals surface area contributed by atoms with Crippen LogP contribution in [0.5, 0.6) is 5.75 Å². The number of fused-ring (bicyclic) bond motifs is 1. The number of aromatic nitrogens is 2. The molecule has 3 aromatic carbocycles. The molecular weight excluding hydrogens is 795 g/mol. The lowest BCUT2D eigenvalue weighted by molar-refractivity contribution is 0.0893. The van der Waals surface area contributed by atoms with E-state index in [2.05, 4.69) is 53.5 Å². The summed E-state index contributed by atoms with van der Waals surface area (Å²) in [6, 6.07) is 18.3. The Morgan fingerprint density at radius 1 is 0.902 bits per heavy atom. The zero-order chi connectivity index (χ0) is 42.9. The first-order valence-electron chi connectivity index (χ1n) is 20.7. The maximum Gasteiger partial charge on any atom is 0.326 e. The van der Waals surface area contributed by atoms with E-state index < -0.39 is 10.0 Å². The molecule has 3 aliphatic rings. The van der Waals surface area contributed by atoms with Crippen LogP contribution >= 0.6 is 0 Å². The van der Waals surface area contributed by atoms with Crippen LogP contribution in [-0.2, 0) is 10.0 Å². The number of nitrogens with zero attached hydrogens (tertiary/aromatic N) is 8. The average Bonchev–Trinajstić information content (AvgIpc) is 3.27. The Balaban J connectivity index is 0.798. The fourth-order valence-corrected chi connectivity index (χ4v) is 8.38. The zero-order valence-corrected chi connectivity index (χ0v) is 36.0. The maximum absolute atomic E-state index is 13.4. The Hall–Kier alpha value is -5.93. The standard InChI is InChI=1S/C44H55N11O5S/c1-33-17-20-55(43(56)48-33)35-11-9-34(10-12-35)8-5-6-18-51-21-25-53(26-22-51)44(57)54-27-23-52(24-28-54)19-7-29-60-36-13-15-38-39(30-36)46-32-47-42(38)49-40-31-37(61(58,59)45-2)14-16-41(40)50(3)4/h9-16,30-32,45H,1,6-7,17-29H2,2-4H3,(H,48,56)(H,46,47,49). The van der Waals surface area contributed by atoms with Crippen LogP contribution in [0.25, 0.3) is 10.9 Å². The molecule has 4 heterocycles. The first kappa shape index (κ1) is 43.2. The third-order valence-electron chi connectivity index (χ3n) is 11.2.